The number of nitrogens with one attached hydrogen (secondary N) is 1. The minimum atomic E-state index is -0.161. The Morgan fingerprint density at radius 2 is 2.03 bits per heavy atom. The molecular formula is C27H31N5O2. The molecule has 0 bridgehead atoms. The standard InChI is InChI=1S/C27H31N5O2/c1-19-16-23(30-27(33)22-10-11-32(18-22)25-5-3-4-20(2)29-25)17-28-26(19)21-6-8-24(9-7-21)31-12-14-34-15-13-31/h3-6,10-11,16-18,24H,7-9,12-15H2,1-2H3,(H,30,33). The number of carbonyl (C=O) groups excluding carboxylic acids is 1. The Balaban J connectivity index is 1.24. The van der Waals surface area contributed by atoms with Crippen LogP contribution >= 0.6 is 0 Å². The molecule has 1 atom stereocenters. The number of anilines is 1. The maximum absolute atomic E-state index is 12.8. The lowest BCUT2D eigenvalue weighted by Gasteiger charge is -2.36. The van der Waals surface area contributed by atoms with Crippen LogP contribution < -0.4 is 5.32 Å². The Morgan fingerprint density at radius 3 is 2.76 bits per heavy atom. The zero-order valence-electron chi connectivity index (χ0n) is 19.8. The van der Waals surface area contributed by atoms with Gasteiger partial charge in [-0.05, 0) is 68.5 Å². The minimum Gasteiger partial charge on any atom is -0.379 e. The van der Waals surface area contributed by atoms with Gasteiger partial charge >= 0.3 is 0 Å². The Kier molecular flexibility index (Phi) is 6.56. The van der Waals surface area contributed by atoms with Crippen molar-refractivity contribution in [2.75, 3.05) is 31.6 Å². The van der Waals surface area contributed by atoms with Gasteiger partial charge in [-0.3, -0.25) is 14.7 Å². The molecule has 1 saturated heterocycles. The summed E-state index contributed by atoms with van der Waals surface area (Å²) in [5.41, 5.74) is 5.64. The van der Waals surface area contributed by atoms with Crippen LogP contribution in [0.4, 0.5) is 5.69 Å². The van der Waals surface area contributed by atoms with Crippen LogP contribution in [0.3, 0.4) is 0 Å². The molecule has 5 rings (SSSR count). The molecule has 1 amide bonds. The highest BCUT2D eigenvalue weighted by molar-refractivity contribution is 6.04. The summed E-state index contributed by atoms with van der Waals surface area (Å²) in [4.78, 5) is 24.6. The third kappa shape index (κ3) is 4.95. The molecule has 0 aromatic carbocycles. The molecule has 0 saturated carbocycles. The quantitative estimate of drug-likeness (QED) is 0.615. The van der Waals surface area contributed by atoms with E-state index in [0.717, 1.165) is 68.3 Å². The van der Waals surface area contributed by atoms with Crippen LogP contribution in [0.2, 0.25) is 0 Å². The van der Waals surface area contributed by atoms with Gasteiger partial charge in [-0.2, -0.15) is 0 Å². The molecule has 34 heavy (non-hydrogen) atoms. The van der Waals surface area contributed by atoms with Crippen LogP contribution in [-0.2, 0) is 4.74 Å². The zero-order chi connectivity index (χ0) is 23.5. The van der Waals surface area contributed by atoms with E-state index in [4.69, 9.17) is 9.72 Å². The second-order valence-electron chi connectivity index (χ2n) is 9.09. The van der Waals surface area contributed by atoms with Crippen molar-refractivity contribution in [2.24, 2.45) is 0 Å². The predicted molar refractivity (Wildman–Crippen MR) is 133 cm³/mol. The zero-order valence-corrected chi connectivity index (χ0v) is 19.8. The fraction of sp³-hybridized carbons (Fsp3) is 0.370. The van der Waals surface area contributed by atoms with Crippen molar-refractivity contribution in [3.63, 3.8) is 0 Å². The lowest BCUT2D eigenvalue weighted by molar-refractivity contribution is 0.0150. The average molecular weight is 458 g/mol. The molecule has 3 aromatic heterocycles. The number of hydrogen-bond donors (Lipinski definition) is 1. The molecule has 2 aliphatic rings. The molecule has 1 fully saturated rings. The number of aromatic nitrogens is 3. The Hall–Kier alpha value is -3.29. The molecule has 7 nitrogen and oxygen atoms in total. The van der Waals surface area contributed by atoms with E-state index in [2.05, 4.69) is 28.2 Å². The number of amides is 1. The summed E-state index contributed by atoms with van der Waals surface area (Å²) >= 11 is 0. The monoisotopic (exact) mass is 457 g/mol. The molecule has 0 radical (unpaired) electrons. The SMILES string of the molecule is Cc1cccc(-n2ccc(C(=O)Nc3cnc(C4=CCC(N5CCOCC5)CC4)c(C)c3)c2)n1. The highest BCUT2D eigenvalue weighted by Gasteiger charge is 2.24. The van der Waals surface area contributed by atoms with E-state index in [0.29, 0.717) is 17.3 Å². The predicted octanol–water partition coefficient (Wildman–Crippen LogP) is 4.40. The molecule has 1 unspecified atom stereocenters. The van der Waals surface area contributed by atoms with Crippen molar-refractivity contribution in [1.82, 2.24) is 19.4 Å². The number of pyridine rings is 2. The maximum Gasteiger partial charge on any atom is 0.257 e. The third-order valence-corrected chi connectivity index (χ3v) is 6.68. The molecule has 4 heterocycles. The number of nitrogens with zero attached hydrogens (tertiary/aromatic N) is 4. The maximum atomic E-state index is 12.8. The first-order chi connectivity index (χ1) is 16.6. The molecular weight excluding hydrogens is 426 g/mol. The highest BCUT2D eigenvalue weighted by Crippen LogP contribution is 2.31. The summed E-state index contributed by atoms with van der Waals surface area (Å²) in [6.07, 6.45) is 11.0. The van der Waals surface area contributed by atoms with E-state index in [1.165, 1.54) is 5.57 Å². The van der Waals surface area contributed by atoms with Crippen molar-refractivity contribution in [3.8, 4) is 5.82 Å². The Labute approximate surface area is 200 Å². The van der Waals surface area contributed by atoms with Crippen LogP contribution in [0.1, 0.15) is 46.6 Å². The van der Waals surface area contributed by atoms with Crippen LogP contribution in [0.15, 0.2) is 55.0 Å². The van der Waals surface area contributed by atoms with Crippen LogP contribution in [0.25, 0.3) is 11.4 Å². The van der Waals surface area contributed by atoms with E-state index in [9.17, 15) is 4.79 Å². The molecule has 3 aromatic rings. The van der Waals surface area contributed by atoms with Crippen molar-refractivity contribution in [2.45, 2.75) is 39.2 Å². The number of carbonyl (C=O) groups is 1. The van der Waals surface area contributed by atoms with Gasteiger partial charge in [0.25, 0.3) is 5.91 Å². The number of hydrogen-bond acceptors (Lipinski definition) is 5. The van der Waals surface area contributed by atoms with E-state index >= 15 is 0 Å². The number of rotatable bonds is 5. The van der Waals surface area contributed by atoms with Gasteiger partial charge in [0.1, 0.15) is 5.82 Å². The number of morpholine rings is 1. The lowest BCUT2D eigenvalue weighted by atomic mass is 9.90. The van der Waals surface area contributed by atoms with Crippen LogP contribution in [0.5, 0.6) is 0 Å². The van der Waals surface area contributed by atoms with Gasteiger partial charge in [0, 0.05) is 37.2 Å². The van der Waals surface area contributed by atoms with E-state index in [1.807, 2.05) is 42.0 Å². The van der Waals surface area contributed by atoms with Gasteiger partial charge in [-0.1, -0.05) is 12.1 Å². The summed E-state index contributed by atoms with van der Waals surface area (Å²) in [7, 11) is 0. The Morgan fingerprint density at radius 1 is 1.18 bits per heavy atom. The molecule has 176 valence electrons. The van der Waals surface area contributed by atoms with Gasteiger partial charge in [-0.25, -0.2) is 4.98 Å². The Bertz CT molecular complexity index is 1210. The number of aryl methyl sites for hydroxylation is 2. The van der Waals surface area contributed by atoms with E-state index < -0.39 is 0 Å². The first-order valence-corrected chi connectivity index (χ1v) is 12.0. The van der Waals surface area contributed by atoms with Crippen LogP contribution in [-0.4, -0.2) is 57.7 Å². The number of ether oxygens (including phenoxy) is 1. The van der Waals surface area contributed by atoms with Crippen LogP contribution in [0, 0.1) is 13.8 Å². The summed E-state index contributed by atoms with van der Waals surface area (Å²) in [5, 5.41) is 2.98. The van der Waals surface area contributed by atoms with Crippen molar-refractivity contribution >= 4 is 17.2 Å². The van der Waals surface area contributed by atoms with E-state index in [1.54, 1.807) is 18.5 Å². The summed E-state index contributed by atoms with van der Waals surface area (Å²) in [5.74, 6) is 0.628. The third-order valence-electron chi connectivity index (χ3n) is 6.68. The fourth-order valence-corrected chi connectivity index (χ4v) is 4.84. The van der Waals surface area contributed by atoms with Crippen molar-refractivity contribution in [1.29, 1.82) is 0 Å². The second-order valence-corrected chi connectivity index (χ2v) is 9.09. The topological polar surface area (TPSA) is 72.3 Å². The molecule has 7 heteroatoms. The lowest BCUT2D eigenvalue weighted by Crippen LogP contribution is -2.43. The highest BCUT2D eigenvalue weighted by atomic mass is 16.5. The average Bonchev–Trinajstić information content (AvgIpc) is 3.36. The van der Waals surface area contributed by atoms with Crippen molar-refractivity contribution in [3.05, 3.63) is 77.5 Å². The van der Waals surface area contributed by atoms with Gasteiger partial charge in [-0.15, -0.1) is 0 Å². The summed E-state index contributed by atoms with van der Waals surface area (Å²) < 4.78 is 7.34. The summed E-state index contributed by atoms with van der Waals surface area (Å²) in [6.45, 7) is 7.76. The largest absolute Gasteiger partial charge is 0.379 e. The first-order valence-electron chi connectivity index (χ1n) is 12.0. The second kappa shape index (κ2) is 9.91. The molecule has 1 aliphatic carbocycles. The summed E-state index contributed by atoms with van der Waals surface area (Å²) in [6, 6.07) is 10.2. The molecule has 0 spiro atoms. The van der Waals surface area contributed by atoms with Gasteiger partial charge in [0.15, 0.2) is 0 Å². The fourth-order valence-electron chi connectivity index (χ4n) is 4.84. The minimum absolute atomic E-state index is 0.161. The van der Waals surface area contributed by atoms with Gasteiger partial charge in [0.05, 0.1) is 36.4 Å². The number of allylic oxidation sites excluding steroid dienone is 1. The smallest absolute Gasteiger partial charge is 0.257 e. The normalized spacial score (nSPS) is 19.0. The molecule has 1 N–H and O–H groups in total. The van der Waals surface area contributed by atoms with Gasteiger partial charge in [0.2, 0.25) is 0 Å². The van der Waals surface area contributed by atoms with E-state index in [-0.39, 0.29) is 5.91 Å². The van der Waals surface area contributed by atoms with Crippen molar-refractivity contribution < 1.29 is 9.53 Å². The molecule has 1 aliphatic heterocycles. The first kappa shape index (κ1) is 22.5. The van der Waals surface area contributed by atoms with Gasteiger partial charge < -0.3 is 14.6 Å².